The number of anilines is 2. The number of benzene rings is 2. The Morgan fingerprint density at radius 3 is 2.31 bits per heavy atom. The number of carbonyl (C=O) groups excluding carboxylic acids is 2. The van der Waals surface area contributed by atoms with Crippen LogP contribution in [0, 0.1) is 6.92 Å². The van der Waals surface area contributed by atoms with Crippen molar-refractivity contribution >= 4 is 23.3 Å². The van der Waals surface area contributed by atoms with Crippen molar-refractivity contribution in [2.24, 2.45) is 0 Å². The summed E-state index contributed by atoms with van der Waals surface area (Å²) in [5, 5.41) is 5.92. The Kier molecular flexibility index (Phi) is 6.19. The van der Waals surface area contributed by atoms with Gasteiger partial charge in [-0.05, 0) is 61.9 Å². The quantitative estimate of drug-likeness (QED) is 0.595. The van der Waals surface area contributed by atoms with Crippen molar-refractivity contribution in [3.63, 3.8) is 0 Å². The van der Waals surface area contributed by atoms with Gasteiger partial charge in [-0.1, -0.05) is 12.1 Å². The highest BCUT2D eigenvalue weighted by molar-refractivity contribution is 6.03. The van der Waals surface area contributed by atoms with Crippen LogP contribution in [0.15, 0.2) is 54.6 Å². The number of amides is 1. The largest absolute Gasteiger partial charge is 0.497 e. The Morgan fingerprint density at radius 2 is 1.69 bits per heavy atom. The average molecular weight is 390 g/mol. The van der Waals surface area contributed by atoms with E-state index in [1.807, 2.05) is 24.3 Å². The van der Waals surface area contributed by atoms with Crippen LogP contribution in [-0.2, 0) is 6.54 Å². The molecule has 1 heterocycles. The molecule has 148 valence electrons. The van der Waals surface area contributed by atoms with Gasteiger partial charge in [-0.25, -0.2) is 9.97 Å². The highest BCUT2D eigenvalue weighted by Gasteiger charge is 2.11. The van der Waals surface area contributed by atoms with Gasteiger partial charge < -0.3 is 15.4 Å². The maximum absolute atomic E-state index is 12.6. The summed E-state index contributed by atoms with van der Waals surface area (Å²) in [6, 6.07) is 16.0. The molecule has 0 aliphatic carbocycles. The van der Waals surface area contributed by atoms with E-state index in [1.165, 1.54) is 6.92 Å². The zero-order chi connectivity index (χ0) is 20.8. The summed E-state index contributed by atoms with van der Waals surface area (Å²) in [5.74, 6) is 0.786. The summed E-state index contributed by atoms with van der Waals surface area (Å²) in [7, 11) is 1.62. The van der Waals surface area contributed by atoms with Crippen molar-refractivity contribution in [3.8, 4) is 5.75 Å². The fraction of sp³-hybridized carbons (Fsp3) is 0.182. The van der Waals surface area contributed by atoms with E-state index in [-0.39, 0.29) is 17.4 Å². The van der Waals surface area contributed by atoms with Crippen molar-refractivity contribution < 1.29 is 14.3 Å². The van der Waals surface area contributed by atoms with Crippen LogP contribution >= 0.6 is 0 Å². The molecule has 2 aromatic carbocycles. The lowest BCUT2D eigenvalue weighted by Crippen LogP contribution is -2.16. The van der Waals surface area contributed by atoms with Gasteiger partial charge in [0, 0.05) is 23.5 Å². The number of hydrogen-bond acceptors (Lipinski definition) is 6. The molecule has 0 radical (unpaired) electrons. The summed E-state index contributed by atoms with van der Waals surface area (Å²) >= 11 is 0. The number of rotatable bonds is 7. The number of nitrogens with zero attached hydrogens (tertiary/aromatic N) is 2. The first-order valence-corrected chi connectivity index (χ1v) is 9.09. The molecule has 29 heavy (non-hydrogen) atoms. The maximum atomic E-state index is 12.6. The van der Waals surface area contributed by atoms with Crippen molar-refractivity contribution in [1.82, 2.24) is 9.97 Å². The zero-order valence-corrected chi connectivity index (χ0v) is 16.5. The molecule has 0 bridgehead atoms. The van der Waals surface area contributed by atoms with Crippen LogP contribution in [0.3, 0.4) is 0 Å². The third kappa shape index (κ3) is 5.38. The van der Waals surface area contributed by atoms with Crippen LogP contribution in [0.2, 0.25) is 0 Å². The lowest BCUT2D eigenvalue weighted by atomic mass is 10.1. The smallest absolute Gasteiger partial charge is 0.274 e. The molecule has 1 amide bonds. The molecule has 3 rings (SSSR count). The van der Waals surface area contributed by atoms with E-state index in [4.69, 9.17) is 4.74 Å². The first-order chi connectivity index (χ1) is 13.9. The van der Waals surface area contributed by atoms with Crippen molar-refractivity contribution in [2.45, 2.75) is 20.4 Å². The molecule has 0 spiro atoms. The van der Waals surface area contributed by atoms with Gasteiger partial charge in [0.25, 0.3) is 5.91 Å². The van der Waals surface area contributed by atoms with Crippen molar-refractivity contribution in [3.05, 3.63) is 77.1 Å². The van der Waals surface area contributed by atoms with E-state index in [0.717, 1.165) is 11.3 Å². The lowest BCUT2D eigenvalue weighted by molar-refractivity contribution is 0.101. The molecular weight excluding hydrogens is 368 g/mol. The minimum absolute atomic E-state index is 0.0260. The predicted molar refractivity (Wildman–Crippen MR) is 111 cm³/mol. The van der Waals surface area contributed by atoms with Gasteiger partial charge in [0.1, 0.15) is 11.4 Å². The fourth-order valence-electron chi connectivity index (χ4n) is 2.67. The standard InChI is InChI=1S/C22H22N4O3/c1-14-12-20(21(28)25-18-8-6-17(7-9-18)15(2)27)26-22(24-14)23-13-16-4-10-19(29-3)11-5-16/h4-12H,13H2,1-3H3,(H,25,28)(H,23,24,26). The van der Waals surface area contributed by atoms with Crippen LogP contribution in [0.25, 0.3) is 0 Å². The molecule has 0 aliphatic rings. The number of carbonyl (C=O) groups is 2. The predicted octanol–water partition coefficient (Wildman–Crippen LogP) is 3.86. The molecule has 0 saturated carbocycles. The Morgan fingerprint density at radius 1 is 1.00 bits per heavy atom. The third-order valence-corrected chi connectivity index (χ3v) is 4.25. The van der Waals surface area contributed by atoms with Crippen LogP contribution in [0.5, 0.6) is 5.75 Å². The number of ketones is 1. The summed E-state index contributed by atoms with van der Waals surface area (Å²) in [6.07, 6.45) is 0. The number of aromatic nitrogens is 2. The Bertz CT molecular complexity index is 1020. The topological polar surface area (TPSA) is 93.2 Å². The monoisotopic (exact) mass is 390 g/mol. The van der Waals surface area contributed by atoms with Gasteiger partial charge in [0.2, 0.25) is 5.95 Å². The number of methoxy groups -OCH3 is 1. The Labute approximate surface area is 169 Å². The highest BCUT2D eigenvalue weighted by Crippen LogP contribution is 2.14. The van der Waals surface area contributed by atoms with Crippen LogP contribution < -0.4 is 15.4 Å². The molecule has 0 aliphatic heterocycles. The van der Waals surface area contributed by atoms with E-state index < -0.39 is 0 Å². The van der Waals surface area contributed by atoms with E-state index in [2.05, 4.69) is 20.6 Å². The normalized spacial score (nSPS) is 10.3. The number of nitrogens with one attached hydrogen (secondary N) is 2. The van der Waals surface area contributed by atoms with Gasteiger partial charge in [-0.15, -0.1) is 0 Å². The maximum Gasteiger partial charge on any atom is 0.274 e. The molecule has 0 atom stereocenters. The van der Waals surface area contributed by atoms with E-state index >= 15 is 0 Å². The second kappa shape index (κ2) is 8.97. The van der Waals surface area contributed by atoms with E-state index in [1.54, 1.807) is 44.4 Å². The van der Waals surface area contributed by atoms with E-state index in [0.29, 0.717) is 29.4 Å². The molecular formula is C22H22N4O3. The molecule has 0 saturated heterocycles. The van der Waals surface area contributed by atoms with Gasteiger partial charge in [-0.3, -0.25) is 9.59 Å². The summed E-state index contributed by atoms with van der Waals surface area (Å²) in [5.41, 5.74) is 3.14. The minimum atomic E-state index is -0.349. The van der Waals surface area contributed by atoms with Gasteiger partial charge in [0.05, 0.1) is 7.11 Å². The fourth-order valence-corrected chi connectivity index (χ4v) is 2.67. The molecule has 1 aromatic heterocycles. The number of hydrogen-bond donors (Lipinski definition) is 2. The SMILES string of the molecule is COc1ccc(CNc2nc(C)cc(C(=O)Nc3ccc(C(C)=O)cc3)n2)cc1. The van der Waals surface area contributed by atoms with Gasteiger partial charge >= 0.3 is 0 Å². The Hall–Kier alpha value is -3.74. The molecule has 0 unspecified atom stereocenters. The van der Waals surface area contributed by atoms with Crippen LogP contribution in [0.4, 0.5) is 11.6 Å². The average Bonchev–Trinajstić information content (AvgIpc) is 2.72. The lowest BCUT2D eigenvalue weighted by Gasteiger charge is -2.10. The summed E-state index contributed by atoms with van der Waals surface area (Å²) in [4.78, 5) is 32.6. The first-order valence-electron chi connectivity index (χ1n) is 9.09. The number of ether oxygens (including phenoxy) is 1. The highest BCUT2D eigenvalue weighted by atomic mass is 16.5. The zero-order valence-electron chi connectivity index (χ0n) is 16.5. The summed E-state index contributed by atoms with van der Waals surface area (Å²) < 4.78 is 5.15. The van der Waals surface area contributed by atoms with E-state index in [9.17, 15) is 9.59 Å². The summed E-state index contributed by atoms with van der Waals surface area (Å²) in [6.45, 7) is 3.82. The molecule has 7 nitrogen and oxygen atoms in total. The molecule has 0 fully saturated rings. The molecule has 3 aromatic rings. The molecule has 7 heteroatoms. The third-order valence-electron chi connectivity index (χ3n) is 4.25. The second-order valence-electron chi connectivity index (χ2n) is 6.51. The van der Waals surface area contributed by atoms with Crippen molar-refractivity contribution in [1.29, 1.82) is 0 Å². The van der Waals surface area contributed by atoms with Gasteiger partial charge in [0.15, 0.2) is 5.78 Å². The first kappa shape index (κ1) is 20.0. The van der Waals surface area contributed by atoms with Crippen LogP contribution in [0.1, 0.15) is 39.0 Å². The van der Waals surface area contributed by atoms with Crippen molar-refractivity contribution in [2.75, 3.05) is 17.7 Å². The van der Waals surface area contributed by atoms with Crippen LogP contribution in [-0.4, -0.2) is 28.8 Å². The minimum Gasteiger partial charge on any atom is -0.497 e. The van der Waals surface area contributed by atoms with Gasteiger partial charge in [-0.2, -0.15) is 0 Å². The second-order valence-corrected chi connectivity index (χ2v) is 6.51. The molecule has 2 N–H and O–H groups in total. The Balaban J connectivity index is 1.68. The number of aryl methyl sites for hydroxylation is 1. The number of Topliss-reactive ketones (excluding diaryl/α,β-unsaturated/α-hetero) is 1.